The monoisotopic (exact) mass is 313 g/mol. The summed E-state index contributed by atoms with van der Waals surface area (Å²) in [4.78, 5) is 26.6. The fourth-order valence-electron chi connectivity index (χ4n) is 1.59. The Morgan fingerprint density at radius 2 is 1.68 bits per heavy atom. The highest BCUT2D eigenvalue weighted by Crippen LogP contribution is 2.28. The van der Waals surface area contributed by atoms with Crippen molar-refractivity contribution in [2.45, 2.75) is 18.8 Å². The smallest absolute Gasteiger partial charge is 0.432 e. The number of ether oxygens (including phenoxy) is 1. The van der Waals surface area contributed by atoms with E-state index in [4.69, 9.17) is 5.73 Å². The van der Waals surface area contributed by atoms with Gasteiger partial charge in [0.15, 0.2) is 5.82 Å². The molecule has 0 aliphatic carbocycles. The zero-order valence-corrected chi connectivity index (χ0v) is 11.2. The van der Waals surface area contributed by atoms with Crippen molar-refractivity contribution >= 4 is 5.97 Å². The van der Waals surface area contributed by atoms with Crippen molar-refractivity contribution in [1.82, 2.24) is 19.9 Å². The summed E-state index contributed by atoms with van der Waals surface area (Å²) in [5, 5.41) is 0. The van der Waals surface area contributed by atoms with Crippen LogP contribution in [-0.2, 0) is 15.3 Å². The predicted octanol–water partition coefficient (Wildman–Crippen LogP) is 1.17. The largest absolute Gasteiger partial charge is 0.491 e. The third kappa shape index (κ3) is 3.34. The molecule has 2 heterocycles. The number of aromatic nitrogens is 4. The standard InChI is InChI=1S/C12H10F3N5O2/c1-11(16,22-10(21)12(13,14)15)8-7(17-5-6-18-8)9-19-3-2-4-20-9/h2-6H,16H2,1H3. The van der Waals surface area contributed by atoms with E-state index in [1.807, 2.05) is 0 Å². The molecule has 22 heavy (non-hydrogen) atoms. The van der Waals surface area contributed by atoms with Gasteiger partial charge in [0.2, 0.25) is 5.72 Å². The first-order valence-corrected chi connectivity index (χ1v) is 5.90. The first-order valence-electron chi connectivity index (χ1n) is 5.90. The van der Waals surface area contributed by atoms with Crippen LogP contribution in [0.15, 0.2) is 30.9 Å². The molecule has 7 nitrogen and oxygen atoms in total. The van der Waals surface area contributed by atoms with Crippen LogP contribution < -0.4 is 5.73 Å². The summed E-state index contributed by atoms with van der Waals surface area (Å²) in [5.74, 6) is -2.34. The molecular formula is C12H10F3N5O2. The third-order valence-electron chi connectivity index (χ3n) is 2.48. The molecule has 0 spiro atoms. The average molecular weight is 313 g/mol. The van der Waals surface area contributed by atoms with Crippen LogP contribution in [0.5, 0.6) is 0 Å². The highest BCUT2D eigenvalue weighted by Gasteiger charge is 2.45. The fourth-order valence-corrected chi connectivity index (χ4v) is 1.59. The van der Waals surface area contributed by atoms with Crippen LogP contribution in [0.1, 0.15) is 12.6 Å². The number of carbonyl (C=O) groups excluding carboxylic acids is 1. The fraction of sp³-hybridized carbons (Fsp3) is 0.250. The Labute approximate surface area is 122 Å². The van der Waals surface area contributed by atoms with Crippen molar-refractivity contribution in [3.63, 3.8) is 0 Å². The molecule has 0 saturated heterocycles. The van der Waals surface area contributed by atoms with Crippen molar-refractivity contribution in [3.05, 3.63) is 36.5 Å². The molecule has 2 aromatic rings. The second kappa shape index (κ2) is 5.64. The van der Waals surface area contributed by atoms with Crippen molar-refractivity contribution in [1.29, 1.82) is 0 Å². The number of halogens is 3. The molecule has 0 fully saturated rings. The quantitative estimate of drug-likeness (QED) is 0.670. The summed E-state index contributed by atoms with van der Waals surface area (Å²) in [7, 11) is 0. The van der Waals surface area contributed by atoms with Crippen LogP contribution >= 0.6 is 0 Å². The molecule has 0 aliphatic rings. The van der Waals surface area contributed by atoms with Gasteiger partial charge in [0, 0.05) is 24.8 Å². The second-order valence-corrected chi connectivity index (χ2v) is 4.32. The Hall–Kier alpha value is -2.62. The van der Waals surface area contributed by atoms with Gasteiger partial charge < -0.3 is 4.74 Å². The zero-order valence-electron chi connectivity index (χ0n) is 11.2. The summed E-state index contributed by atoms with van der Waals surface area (Å²) in [5.41, 5.74) is 3.34. The number of carbonyl (C=O) groups is 1. The summed E-state index contributed by atoms with van der Waals surface area (Å²) in [6, 6.07) is 1.55. The number of alkyl halides is 3. The minimum absolute atomic E-state index is 0.0167. The molecule has 116 valence electrons. The molecule has 0 radical (unpaired) electrons. The van der Waals surface area contributed by atoms with Gasteiger partial charge in [-0.2, -0.15) is 13.2 Å². The van der Waals surface area contributed by atoms with E-state index < -0.39 is 17.9 Å². The minimum Gasteiger partial charge on any atom is -0.432 e. The molecule has 0 aliphatic heterocycles. The lowest BCUT2D eigenvalue weighted by Gasteiger charge is -2.25. The highest BCUT2D eigenvalue weighted by atomic mass is 19.4. The van der Waals surface area contributed by atoms with Gasteiger partial charge >= 0.3 is 12.1 Å². The maximum absolute atomic E-state index is 12.3. The zero-order chi connectivity index (χ0) is 16.4. The van der Waals surface area contributed by atoms with Crippen LogP contribution in [0.25, 0.3) is 11.5 Å². The first kappa shape index (κ1) is 15.8. The van der Waals surface area contributed by atoms with Gasteiger partial charge in [0.05, 0.1) is 0 Å². The van der Waals surface area contributed by atoms with Crippen LogP contribution in [0.2, 0.25) is 0 Å². The average Bonchev–Trinajstić information content (AvgIpc) is 2.47. The Kier molecular flexibility index (Phi) is 4.04. The number of nitrogens with two attached hydrogens (primary N) is 1. The third-order valence-corrected chi connectivity index (χ3v) is 2.48. The summed E-state index contributed by atoms with van der Waals surface area (Å²) in [6.45, 7) is 1.06. The van der Waals surface area contributed by atoms with Crippen molar-refractivity contribution in [3.8, 4) is 11.5 Å². The van der Waals surface area contributed by atoms with E-state index in [1.165, 1.54) is 24.8 Å². The molecule has 2 rings (SSSR count). The Balaban J connectivity index is 2.42. The summed E-state index contributed by atoms with van der Waals surface area (Å²) >= 11 is 0. The summed E-state index contributed by atoms with van der Waals surface area (Å²) in [6.07, 6.45) is 0.143. The van der Waals surface area contributed by atoms with E-state index in [0.29, 0.717) is 0 Å². The van der Waals surface area contributed by atoms with E-state index in [2.05, 4.69) is 24.7 Å². The molecule has 0 amide bonds. The van der Waals surface area contributed by atoms with Crippen LogP contribution in [0.4, 0.5) is 13.2 Å². The molecule has 0 saturated carbocycles. The lowest BCUT2D eigenvalue weighted by atomic mass is 10.1. The van der Waals surface area contributed by atoms with Crippen molar-refractivity contribution < 1.29 is 22.7 Å². The molecular weight excluding hydrogens is 303 g/mol. The lowest BCUT2D eigenvalue weighted by Crippen LogP contribution is -2.43. The normalized spacial score (nSPS) is 14.2. The van der Waals surface area contributed by atoms with Gasteiger partial charge in [-0.3, -0.25) is 10.7 Å². The number of esters is 1. The highest BCUT2D eigenvalue weighted by molar-refractivity contribution is 5.76. The van der Waals surface area contributed by atoms with Crippen LogP contribution in [0.3, 0.4) is 0 Å². The maximum Gasteiger partial charge on any atom is 0.491 e. The van der Waals surface area contributed by atoms with E-state index >= 15 is 0 Å². The molecule has 1 unspecified atom stereocenters. The molecule has 0 bridgehead atoms. The summed E-state index contributed by atoms with van der Waals surface area (Å²) < 4.78 is 41.3. The van der Waals surface area contributed by atoms with Gasteiger partial charge in [0.1, 0.15) is 11.4 Å². The number of rotatable bonds is 3. The van der Waals surface area contributed by atoms with Gasteiger partial charge in [0.25, 0.3) is 0 Å². The van der Waals surface area contributed by atoms with Gasteiger partial charge in [-0.05, 0) is 13.0 Å². The van der Waals surface area contributed by atoms with E-state index in [1.54, 1.807) is 6.07 Å². The van der Waals surface area contributed by atoms with E-state index in [-0.39, 0.29) is 17.2 Å². The minimum atomic E-state index is -5.17. The number of nitrogens with zero attached hydrogens (tertiary/aromatic N) is 4. The predicted molar refractivity (Wildman–Crippen MR) is 66.7 cm³/mol. The molecule has 2 N–H and O–H groups in total. The van der Waals surface area contributed by atoms with Gasteiger partial charge in [-0.15, -0.1) is 0 Å². The first-order chi connectivity index (χ1) is 10.2. The van der Waals surface area contributed by atoms with Crippen molar-refractivity contribution in [2.24, 2.45) is 5.73 Å². The molecule has 10 heteroatoms. The topological polar surface area (TPSA) is 104 Å². The van der Waals surface area contributed by atoms with E-state index in [0.717, 1.165) is 6.92 Å². The van der Waals surface area contributed by atoms with Gasteiger partial charge in [-0.25, -0.2) is 19.7 Å². The van der Waals surface area contributed by atoms with Crippen molar-refractivity contribution in [2.75, 3.05) is 0 Å². The molecule has 0 aromatic carbocycles. The SMILES string of the molecule is CC(N)(OC(=O)C(F)(F)F)c1nccnc1-c1ncccn1. The Morgan fingerprint density at radius 3 is 2.27 bits per heavy atom. The molecule has 1 atom stereocenters. The van der Waals surface area contributed by atoms with Crippen LogP contribution in [-0.4, -0.2) is 32.1 Å². The van der Waals surface area contributed by atoms with Gasteiger partial charge in [-0.1, -0.05) is 0 Å². The Morgan fingerprint density at radius 1 is 1.09 bits per heavy atom. The number of hydrogen-bond donors (Lipinski definition) is 1. The van der Waals surface area contributed by atoms with E-state index in [9.17, 15) is 18.0 Å². The number of hydrogen-bond acceptors (Lipinski definition) is 7. The second-order valence-electron chi connectivity index (χ2n) is 4.32. The lowest BCUT2D eigenvalue weighted by molar-refractivity contribution is -0.213. The Bertz CT molecular complexity index is 676. The molecule has 2 aromatic heterocycles. The van der Waals surface area contributed by atoms with Crippen LogP contribution in [0, 0.1) is 0 Å². The maximum atomic E-state index is 12.3.